The molecule has 0 fully saturated rings. The van der Waals surface area contributed by atoms with E-state index in [9.17, 15) is 18.0 Å². The molecular weight excluding hydrogens is 612 g/mol. The van der Waals surface area contributed by atoms with Gasteiger partial charge in [-0.05, 0) is 61.4 Å². The number of nitrogens with one attached hydrogen (secondary N) is 1. The van der Waals surface area contributed by atoms with E-state index in [0.29, 0.717) is 24.3 Å². The zero-order valence-electron chi connectivity index (χ0n) is 28.8. The average molecular weight is 671 g/mol. The molecule has 0 aliphatic heterocycles. The summed E-state index contributed by atoms with van der Waals surface area (Å²) in [4.78, 5) is 25.9. The third kappa shape index (κ3) is 17.6. The van der Waals surface area contributed by atoms with Crippen LogP contribution in [0.2, 0.25) is 0 Å². The highest BCUT2D eigenvalue weighted by Gasteiger charge is 2.16. The number of unbranched alkanes of at least 4 members (excludes halogenated alkanes) is 15. The Labute approximate surface area is 283 Å². The smallest absolute Gasteiger partial charge is 0.304 e. The Morgan fingerprint density at radius 1 is 0.638 bits per heavy atom. The maximum absolute atomic E-state index is 13.3. The summed E-state index contributed by atoms with van der Waals surface area (Å²) in [5.41, 5.74) is 1.96. The predicted octanol–water partition coefficient (Wildman–Crippen LogP) is 10.2. The number of sulfonamides is 1. The molecule has 0 aliphatic carbocycles. The van der Waals surface area contributed by atoms with Crippen LogP contribution in [-0.2, 0) is 19.6 Å². The van der Waals surface area contributed by atoms with Gasteiger partial charge in [0.25, 0.3) is 0 Å². The summed E-state index contributed by atoms with van der Waals surface area (Å²) in [6.45, 7) is 4.97. The maximum Gasteiger partial charge on any atom is 0.304 e. The maximum atomic E-state index is 13.3. The Hall–Kier alpha value is -3.11. The number of carbonyl (C=O) groups is 2. The van der Waals surface area contributed by atoms with Crippen LogP contribution in [0.15, 0.2) is 63.7 Å². The summed E-state index contributed by atoms with van der Waals surface area (Å²) < 4.78 is 26.9. The van der Waals surface area contributed by atoms with E-state index in [1.54, 1.807) is 0 Å². The number of benzene rings is 2. The van der Waals surface area contributed by atoms with Gasteiger partial charge in [0.1, 0.15) is 0 Å². The second-order valence-electron chi connectivity index (χ2n) is 12.4. The molecule has 0 bridgehead atoms. The Morgan fingerprint density at radius 3 is 1.57 bits per heavy atom. The molecule has 2 aromatic carbocycles. The second-order valence-corrected chi connectivity index (χ2v) is 14.1. The lowest BCUT2D eigenvalue weighted by atomic mass is 10.0. The van der Waals surface area contributed by atoms with Crippen molar-refractivity contribution >= 4 is 39.0 Å². The molecule has 0 spiro atoms. The average Bonchev–Trinajstić information content (AvgIpc) is 3.06. The molecule has 47 heavy (non-hydrogen) atoms. The van der Waals surface area contributed by atoms with Crippen molar-refractivity contribution in [3.63, 3.8) is 0 Å². The van der Waals surface area contributed by atoms with Crippen LogP contribution < -0.4 is 9.62 Å². The van der Waals surface area contributed by atoms with Gasteiger partial charge in [-0.2, -0.15) is 10.2 Å². The van der Waals surface area contributed by atoms with Crippen molar-refractivity contribution in [2.75, 3.05) is 18.0 Å². The van der Waals surface area contributed by atoms with Gasteiger partial charge in [0.15, 0.2) is 0 Å². The summed E-state index contributed by atoms with van der Waals surface area (Å²) >= 11 is 0. The van der Waals surface area contributed by atoms with Crippen molar-refractivity contribution in [2.24, 2.45) is 10.2 Å². The van der Waals surface area contributed by atoms with E-state index in [1.807, 2.05) is 29.2 Å². The molecule has 2 rings (SSSR count). The number of amides is 1. The zero-order valence-corrected chi connectivity index (χ0v) is 29.6. The second kappa shape index (κ2) is 24.1. The minimum absolute atomic E-state index is 0.0219. The number of azo groups is 1. The molecule has 2 aromatic rings. The van der Waals surface area contributed by atoms with Crippen LogP contribution in [0.4, 0.5) is 17.1 Å². The molecule has 0 aliphatic rings. The van der Waals surface area contributed by atoms with Crippen molar-refractivity contribution in [1.82, 2.24) is 4.72 Å². The summed E-state index contributed by atoms with van der Waals surface area (Å²) in [6, 6.07) is 13.4. The van der Waals surface area contributed by atoms with Crippen LogP contribution in [0.1, 0.15) is 136 Å². The number of rotatable bonds is 27. The van der Waals surface area contributed by atoms with E-state index in [1.165, 1.54) is 94.9 Å². The molecule has 2 N–H and O–H groups in total. The fourth-order valence-electron chi connectivity index (χ4n) is 5.41. The molecule has 0 aromatic heterocycles. The van der Waals surface area contributed by atoms with Crippen LogP contribution in [0.3, 0.4) is 0 Å². The van der Waals surface area contributed by atoms with Crippen LogP contribution in [-0.4, -0.2) is 38.5 Å². The summed E-state index contributed by atoms with van der Waals surface area (Å²) in [5.74, 6) is -0.903. The van der Waals surface area contributed by atoms with Gasteiger partial charge >= 0.3 is 5.97 Å². The molecule has 0 saturated carbocycles. The summed E-state index contributed by atoms with van der Waals surface area (Å²) in [6.07, 6.45) is 21.3. The van der Waals surface area contributed by atoms with Gasteiger partial charge in [-0.15, -0.1) is 0 Å². The number of carbonyl (C=O) groups excluding carboxylic acids is 1. The quantitative estimate of drug-likeness (QED) is 0.0722. The fourth-order valence-corrected chi connectivity index (χ4v) is 6.44. The van der Waals surface area contributed by atoms with Crippen LogP contribution in [0.25, 0.3) is 0 Å². The lowest BCUT2D eigenvalue weighted by Gasteiger charge is -2.23. The van der Waals surface area contributed by atoms with E-state index in [4.69, 9.17) is 5.11 Å². The highest BCUT2D eigenvalue weighted by atomic mass is 32.2. The number of aliphatic carboxylic acids is 1. The molecule has 0 radical (unpaired) electrons. The molecule has 0 unspecified atom stereocenters. The van der Waals surface area contributed by atoms with Crippen LogP contribution >= 0.6 is 0 Å². The van der Waals surface area contributed by atoms with Crippen LogP contribution in [0.5, 0.6) is 0 Å². The van der Waals surface area contributed by atoms with E-state index in [2.05, 4.69) is 28.8 Å². The minimum Gasteiger partial charge on any atom is -0.481 e. The van der Waals surface area contributed by atoms with Crippen molar-refractivity contribution in [1.29, 1.82) is 0 Å². The number of hydrogen-bond donors (Lipinski definition) is 2. The van der Waals surface area contributed by atoms with Crippen molar-refractivity contribution in [3.05, 3.63) is 48.5 Å². The van der Waals surface area contributed by atoms with Crippen LogP contribution in [0, 0.1) is 0 Å². The monoisotopic (exact) mass is 670 g/mol. The molecule has 0 saturated heterocycles. The van der Waals surface area contributed by atoms with E-state index >= 15 is 0 Å². The molecule has 1 amide bonds. The first-order valence-corrected chi connectivity index (χ1v) is 19.4. The number of nitrogens with zero attached hydrogens (tertiary/aromatic N) is 3. The Kier molecular flexibility index (Phi) is 20.5. The third-order valence-electron chi connectivity index (χ3n) is 8.25. The SMILES string of the molecule is CCCCCCCCCCCCCCCC(=O)N(CCCCCC)c1ccc(N=Nc2ccc(S(=O)(=O)NCCC(=O)O)cc2)cc1. The topological polar surface area (TPSA) is 128 Å². The normalized spacial score (nSPS) is 11.7. The van der Waals surface area contributed by atoms with Crippen molar-refractivity contribution < 1.29 is 23.1 Å². The number of anilines is 1. The van der Waals surface area contributed by atoms with Crippen molar-refractivity contribution in [3.8, 4) is 0 Å². The first-order chi connectivity index (χ1) is 22.8. The molecule has 9 nitrogen and oxygen atoms in total. The van der Waals surface area contributed by atoms with E-state index in [-0.39, 0.29) is 23.8 Å². The largest absolute Gasteiger partial charge is 0.481 e. The zero-order chi connectivity index (χ0) is 34.2. The van der Waals surface area contributed by atoms with Gasteiger partial charge in [0, 0.05) is 25.2 Å². The molecule has 0 atom stereocenters. The van der Waals surface area contributed by atoms with Gasteiger partial charge < -0.3 is 10.0 Å². The van der Waals surface area contributed by atoms with E-state index in [0.717, 1.165) is 44.2 Å². The molecule has 262 valence electrons. The van der Waals surface area contributed by atoms with Gasteiger partial charge in [-0.1, -0.05) is 110 Å². The fraction of sp³-hybridized carbons (Fsp3) is 0.622. The molecule has 0 heterocycles. The minimum atomic E-state index is -3.81. The Balaban J connectivity index is 1.83. The highest BCUT2D eigenvalue weighted by molar-refractivity contribution is 7.89. The first-order valence-electron chi connectivity index (χ1n) is 17.9. The first kappa shape index (κ1) is 40.1. The number of hydrogen-bond acceptors (Lipinski definition) is 6. The molecular formula is C37H58N4O5S. The van der Waals surface area contributed by atoms with Gasteiger partial charge in [0.2, 0.25) is 15.9 Å². The lowest BCUT2D eigenvalue weighted by Crippen LogP contribution is -2.31. The standard InChI is InChI=1S/C37H58N4O5S/c1-3-5-7-9-10-11-12-13-14-15-16-17-18-20-36(42)41(31-19-8-6-4-2)34-25-21-32(22-26-34)39-40-33-23-27-35(28-24-33)47(45,46)38-30-29-37(43)44/h21-28,38H,3-20,29-31H2,1-2H3,(H,43,44). The van der Waals surface area contributed by atoms with Gasteiger partial charge in [-0.3, -0.25) is 9.59 Å². The molecule has 10 heteroatoms. The van der Waals surface area contributed by atoms with Gasteiger partial charge in [-0.25, -0.2) is 13.1 Å². The summed E-state index contributed by atoms with van der Waals surface area (Å²) in [5, 5.41) is 17.2. The van der Waals surface area contributed by atoms with E-state index < -0.39 is 16.0 Å². The number of carboxylic acid groups (broad SMARTS) is 1. The third-order valence-corrected chi connectivity index (χ3v) is 9.73. The number of carboxylic acids is 1. The van der Waals surface area contributed by atoms with Crippen molar-refractivity contribution in [2.45, 2.75) is 141 Å². The van der Waals surface area contributed by atoms with Gasteiger partial charge in [0.05, 0.1) is 22.7 Å². The predicted molar refractivity (Wildman–Crippen MR) is 191 cm³/mol. The lowest BCUT2D eigenvalue weighted by molar-refractivity contribution is -0.136. The summed E-state index contributed by atoms with van der Waals surface area (Å²) in [7, 11) is -3.81. The highest BCUT2D eigenvalue weighted by Crippen LogP contribution is 2.25. The Bertz CT molecular complexity index is 1280. The Morgan fingerprint density at radius 2 is 1.09 bits per heavy atom.